The minimum Gasteiger partial charge on any atom is -0.399 e. The number of hydrogen-bond acceptors (Lipinski definition) is 2. The number of rotatable bonds is 3. The van der Waals surface area contributed by atoms with Crippen LogP contribution in [-0.4, -0.2) is 13.3 Å². The molecule has 41 valence electrons. The van der Waals surface area contributed by atoms with Gasteiger partial charge in [0.2, 0.25) is 0 Å². The highest BCUT2D eigenvalue weighted by molar-refractivity contribution is 5.66. The van der Waals surface area contributed by atoms with Gasteiger partial charge in [0.25, 0.3) is 0 Å². The largest absolute Gasteiger partial charge is 0.399 e. The van der Waals surface area contributed by atoms with E-state index in [2.05, 4.69) is 9.99 Å². The molecule has 0 aliphatic rings. The van der Waals surface area contributed by atoms with Crippen molar-refractivity contribution in [1.82, 2.24) is 0 Å². The van der Waals surface area contributed by atoms with E-state index in [1.807, 2.05) is 13.3 Å². The molecular formula is C5H10NO. The van der Waals surface area contributed by atoms with E-state index in [0.717, 1.165) is 6.42 Å². The molecule has 0 heterocycles. The van der Waals surface area contributed by atoms with Gasteiger partial charge in [-0.2, -0.15) is 0 Å². The SMILES string of the molecule is CC[CH]/C=N/OC. The van der Waals surface area contributed by atoms with Crippen LogP contribution in [-0.2, 0) is 4.84 Å². The lowest BCUT2D eigenvalue weighted by molar-refractivity contribution is 0.215. The Morgan fingerprint density at radius 1 is 1.71 bits per heavy atom. The van der Waals surface area contributed by atoms with Crippen LogP contribution in [0.4, 0.5) is 0 Å². The molecule has 0 aromatic heterocycles. The van der Waals surface area contributed by atoms with Gasteiger partial charge < -0.3 is 4.84 Å². The van der Waals surface area contributed by atoms with Crippen molar-refractivity contribution >= 4 is 6.21 Å². The average molecular weight is 100 g/mol. The zero-order valence-electron chi connectivity index (χ0n) is 4.72. The van der Waals surface area contributed by atoms with Crippen LogP contribution < -0.4 is 0 Å². The van der Waals surface area contributed by atoms with E-state index < -0.39 is 0 Å². The summed E-state index contributed by atoms with van der Waals surface area (Å²) in [5.74, 6) is 0. The highest BCUT2D eigenvalue weighted by Crippen LogP contribution is 1.77. The van der Waals surface area contributed by atoms with Gasteiger partial charge in [0, 0.05) is 12.6 Å². The van der Waals surface area contributed by atoms with E-state index in [1.54, 1.807) is 6.21 Å². The predicted molar refractivity (Wildman–Crippen MR) is 30.1 cm³/mol. The minimum atomic E-state index is 1.01. The van der Waals surface area contributed by atoms with Gasteiger partial charge >= 0.3 is 0 Å². The fraction of sp³-hybridized carbons (Fsp3) is 0.600. The third-order valence-corrected chi connectivity index (χ3v) is 0.507. The summed E-state index contributed by atoms with van der Waals surface area (Å²) in [5.41, 5.74) is 0. The van der Waals surface area contributed by atoms with Crippen molar-refractivity contribution in [3.05, 3.63) is 6.42 Å². The van der Waals surface area contributed by atoms with E-state index >= 15 is 0 Å². The van der Waals surface area contributed by atoms with Crippen molar-refractivity contribution in [1.29, 1.82) is 0 Å². The molecule has 0 aromatic carbocycles. The predicted octanol–water partition coefficient (Wildman–Crippen LogP) is 1.23. The zero-order chi connectivity index (χ0) is 5.54. The topological polar surface area (TPSA) is 21.6 Å². The summed E-state index contributed by atoms with van der Waals surface area (Å²) in [4.78, 5) is 4.38. The van der Waals surface area contributed by atoms with Crippen molar-refractivity contribution in [2.45, 2.75) is 13.3 Å². The molecule has 0 aliphatic heterocycles. The zero-order valence-corrected chi connectivity index (χ0v) is 4.72. The number of oxime groups is 1. The van der Waals surface area contributed by atoms with Gasteiger partial charge in [-0.1, -0.05) is 12.1 Å². The molecule has 2 nitrogen and oxygen atoms in total. The average Bonchev–Trinajstić information content (AvgIpc) is 1.69. The maximum Gasteiger partial charge on any atom is 0.106 e. The molecule has 7 heavy (non-hydrogen) atoms. The minimum absolute atomic E-state index is 1.01. The second kappa shape index (κ2) is 5.47. The van der Waals surface area contributed by atoms with E-state index in [4.69, 9.17) is 0 Å². The van der Waals surface area contributed by atoms with Crippen LogP contribution >= 0.6 is 0 Å². The first-order chi connectivity index (χ1) is 3.41. The molecule has 0 atom stereocenters. The van der Waals surface area contributed by atoms with Gasteiger partial charge in [0.05, 0.1) is 0 Å². The van der Waals surface area contributed by atoms with Crippen LogP contribution in [0, 0.1) is 6.42 Å². The Hall–Kier alpha value is -0.530. The smallest absolute Gasteiger partial charge is 0.106 e. The van der Waals surface area contributed by atoms with Crippen molar-refractivity contribution in [3.8, 4) is 0 Å². The molecule has 0 N–H and O–H groups in total. The molecule has 0 aliphatic carbocycles. The summed E-state index contributed by atoms with van der Waals surface area (Å²) in [6.45, 7) is 2.04. The van der Waals surface area contributed by atoms with E-state index in [9.17, 15) is 0 Å². The standard InChI is InChI=1S/C5H10NO/c1-3-4-5-6-7-2/h4-5H,3H2,1-2H3/b6-5+. The normalized spacial score (nSPS) is 10.0. The Morgan fingerprint density at radius 2 is 2.43 bits per heavy atom. The Kier molecular flexibility index (Phi) is 5.06. The van der Waals surface area contributed by atoms with Crippen molar-refractivity contribution in [3.63, 3.8) is 0 Å². The first-order valence-electron chi connectivity index (χ1n) is 2.30. The Labute approximate surface area is 44.2 Å². The molecular weight excluding hydrogens is 90.1 g/mol. The summed E-state index contributed by atoms with van der Waals surface area (Å²) in [6, 6.07) is 0. The molecule has 2 heteroatoms. The van der Waals surface area contributed by atoms with Gasteiger partial charge in [0.15, 0.2) is 0 Å². The molecule has 0 fully saturated rings. The lowest BCUT2D eigenvalue weighted by atomic mass is 10.4. The van der Waals surface area contributed by atoms with Gasteiger partial charge in [-0.3, -0.25) is 0 Å². The molecule has 0 amide bonds. The van der Waals surface area contributed by atoms with Gasteiger partial charge in [-0.25, -0.2) is 0 Å². The fourth-order valence-electron chi connectivity index (χ4n) is 0.209. The third-order valence-electron chi connectivity index (χ3n) is 0.507. The van der Waals surface area contributed by atoms with Crippen LogP contribution in [0.3, 0.4) is 0 Å². The summed E-state index contributed by atoms with van der Waals surface area (Å²) in [5, 5.41) is 3.48. The first kappa shape index (κ1) is 6.47. The Balaban J connectivity index is 2.78. The summed E-state index contributed by atoms with van der Waals surface area (Å²) in [6.07, 6.45) is 4.57. The molecule has 0 saturated heterocycles. The van der Waals surface area contributed by atoms with E-state index in [-0.39, 0.29) is 0 Å². The highest BCUT2D eigenvalue weighted by atomic mass is 16.6. The number of hydrogen-bond donors (Lipinski definition) is 0. The van der Waals surface area contributed by atoms with Crippen LogP contribution in [0.15, 0.2) is 5.16 Å². The Morgan fingerprint density at radius 3 is 2.86 bits per heavy atom. The Bertz CT molecular complexity index is 52.0. The second-order valence-electron chi connectivity index (χ2n) is 1.08. The molecule has 0 rings (SSSR count). The van der Waals surface area contributed by atoms with E-state index in [1.165, 1.54) is 7.11 Å². The molecule has 0 saturated carbocycles. The molecule has 0 bridgehead atoms. The molecule has 0 unspecified atom stereocenters. The summed E-state index contributed by atoms with van der Waals surface area (Å²) in [7, 11) is 1.53. The summed E-state index contributed by atoms with van der Waals surface area (Å²) >= 11 is 0. The van der Waals surface area contributed by atoms with Crippen LogP contribution in [0.1, 0.15) is 13.3 Å². The first-order valence-corrected chi connectivity index (χ1v) is 2.30. The van der Waals surface area contributed by atoms with E-state index in [0.29, 0.717) is 0 Å². The van der Waals surface area contributed by atoms with Crippen LogP contribution in [0.25, 0.3) is 0 Å². The van der Waals surface area contributed by atoms with Crippen LogP contribution in [0.2, 0.25) is 0 Å². The second-order valence-corrected chi connectivity index (χ2v) is 1.08. The molecule has 0 spiro atoms. The molecule has 1 radical (unpaired) electrons. The van der Waals surface area contributed by atoms with Gasteiger partial charge in [-0.05, 0) is 6.42 Å². The highest BCUT2D eigenvalue weighted by Gasteiger charge is 1.70. The van der Waals surface area contributed by atoms with Crippen molar-refractivity contribution < 1.29 is 4.84 Å². The quantitative estimate of drug-likeness (QED) is 0.386. The lowest BCUT2D eigenvalue weighted by Crippen LogP contribution is -1.74. The number of nitrogens with zero attached hydrogens (tertiary/aromatic N) is 1. The maximum atomic E-state index is 4.38. The monoisotopic (exact) mass is 100 g/mol. The molecule has 0 aromatic rings. The third kappa shape index (κ3) is 5.47. The van der Waals surface area contributed by atoms with Gasteiger partial charge in [0.1, 0.15) is 7.11 Å². The lowest BCUT2D eigenvalue weighted by Gasteiger charge is -1.81. The maximum absolute atomic E-state index is 4.38. The van der Waals surface area contributed by atoms with Crippen molar-refractivity contribution in [2.75, 3.05) is 7.11 Å². The van der Waals surface area contributed by atoms with Crippen LogP contribution in [0.5, 0.6) is 0 Å². The number of unbranched alkanes of at least 4 members (excludes halogenated alkanes) is 1. The fourth-order valence-corrected chi connectivity index (χ4v) is 0.209. The van der Waals surface area contributed by atoms with Gasteiger partial charge in [-0.15, -0.1) is 0 Å². The summed E-state index contributed by atoms with van der Waals surface area (Å²) < 4.78 is 0. The van der Waals surface area contributed by atoms with Crippen molar-refractivity contribution in [2.24, 2.45) is 5.16 Å².